The molecule has 2 aromatic rings. The number of carbonyl (C=O) groups excluding carboxylic acids is 1. The number of hydrogen-bond donors (Lipinski definition) is 1. The Balaban J connectivity index is 1.67. The van der Waals surface area contributed by atoms with Crippen molar-refractivity contribution in [1.82, 2.24) is 19.7 Å². The van der Waals surface area contributed by atoms with E-state index in [1.54, 1.807) is 23.0 Å². The van der Waals surface area contributed by atoms with Crippen molar-refractivity contribution in [3.63, 3.8) is 0 Å². The summed E-state index contributed by atoms with van der Waals surface area (Å²) in [5.41, 5.74) is 2.46. The number of hydrogen-bond acceptors (Lipinski definition) is 4. The van der Waals surface area contributed by atoms with Crippen LogP contribution in [0.1, 0.15) is 47.4 Å². The molecule has 0 spiro atoms. The minimum atomic E-state index is -0.780. The summed E-state index contributed by atoms with van der Waals surface area (Å²) in [5, 5.41) is 13.2. The number of carboxylic acids is 1. The average molecular weight is 356 g/mol. The van der Waals surface area contributed by atoms with Crippen molar-refractivity contribution in [2.75, 3.05) is 13.1 Å². The second-order valence-corrected chi connectivity index (χ2v) is 6.94. The van der Waals surface area contributed by atoms with Crippen molar-refractivity contribution in [1.29, 1.82) is 0 Å². The first-order valence-electron chi connectivity index (χ1n) is 8.95. The van der Waals surface area contributed by atoms with Gasteiger partial charge in [0.1, 0.15) is 0 Å². The van der Waals surface area contributed by atoms with Crippen LogP contribution >= 0.6 is 0 Å². The number of aryl methyl sites for hydroxylation is 2. The van der Waals surface area contributed by atoms with Gasteiger partial charge in [0.2, 0.25) is 0 Å². The van der Waals surface area contributed by atoms with E-state index in [-0.39, 0.29) is 18.2 Å². The summed E-state index contributed by atoms with van der Waals surface area (Å²) >= 11 is 0. The molecule has 0 bridgehead atoms. The smallest absolute Gasteiger partial charge is 0.303 e. The highest BCUT2D eigenvalue weighted by Crippen LogP contribution is 2.22. The van der Waals surface area contributed by atoms with E-state index in [2.05, 4.69) is 10.1 Å². The monoisotopic (exact) mass is 356 g/mol. The van der Waals surface area contributed by atoms with E-state index < -0.39 is 5.97 Å². The molecule has 1 aliphatic heterocycles. The van der Waals surface area contributed by atoms with Crippen molar-refractivity contribution in [2.24, 2.45) is 5.92 Å². The molecule has 3 rings (SSSR count). The minimum absolute atomic E-state index is 0.0440. The summed E-state index contributed by atoms with van der Waals surface area (Å²) in [6, 6.07) is 5.56. The largest absolute Gasteiger partial charge is 0.481 e. The highest BCUT2D eigenvalue weighted by Gasteiger charge is 2.25. The lowest BCUT2D eigenvalue weighted by atomic mass is 9.93. The summed E-state index contributed by atoms with van der Waals surface area (Å²) in [6.45, 7) is 5.22. The Kier molecular flexibility index (Phi) is 5.35. The van der Waals surface area contributed by atoms with Gasteiger partial charge in [-0.3, -0.25) is 9.59 Å². The number of aromatic nitrogens is 3. The Morgan fingerprint density at radius 3 is 2.73 bits per heavy atom. The highest BCUT2D eigenvalue weighted by atomic mass is 16.4. The van der Waals surface area contributed by atoms with E-state index in [1.807, 2.05) is 24.8 Å². The standard InChI is InChI=1S/C19H24N4O3/c1-13-10-14(2)23(21-13)17-7-6-16(11-20-17)19(26)22-9-3-4-15(12-22)5-8-18(24)25/h6-7,10-11,15H,3-5,8-9,12H2,1-2H3,(H,24,25). The van der Waals surface area contributed by atoms with Gasteiger partial charge in [0.25, 0.3) is 5.91 Å². The van der Waals surface area contributed by atoms with Gasteiger partial charge in [0.15, 0.2) is 5.82 Å². The third-order valence-electron chi connectivity index (χ3n) is 4.79. The quantitative estimate of drug-likeness (QED) is 0.889. The third-order valence-corrected chi connectivity index (χ3v) is 4.79. The molecule has 0 aromatic carbocycles. The maximum absolute atomic E-state index is 12.7. The fraction of sp³-hybridized carbons (Fsp3) is 0.474. The Labute approximate surface area is 152 Å². The van der Waals surface area contributed by atoms with Gasteiger partial charge in [-0.1, -0.05) is 0 Å². The van der Waals surface area contributed by atoms with Crippen LogP contribution in [-0.2, 0) is 4.79 Å². The molecule has 1 unspecified atom stereocenters. The first-order valence-corrected chi connectivity index (χ1v) is 8.95. The van der Waals surface area contributed by atoms with Gasteiger partial charge in [0.05, 0.1) is 11.3 Å². The zero-order chi connectivity index (χ0) is 18.7. The summed E-state index contributed by atoms with van der Waals surface area (Å²) in [5.74, 6) is 0.116. The predicted octanol–water partition coefficient (Wildman–Crippen LogP) is 2.60. The van der Waals surface area contributed by atoms with E-state index in [1.165, 1.54) is 0 Å². The van der Waals surface area contributed by atoms with Crippen LogP contribution < -0.4 is 0 Å². The first-order chi connectivity index (χ1) is 12.4. The average Bonchev–Trinajstić information content (AvgIpc) is 2.98. The van der Waals surface area contributed by atoms with Crippen LogP contribution in [0.25, 0.3) is 5.82 Å². The number of pyridine rings is 1. The van der Waals surface area contributed by atoms with Gasteiger partial charge in [-0.15, -0.1) is 0 Å². The molecule has 1 N–H and O–H groups in total. The minimum Gasteiger partial charge on any atom is -0.481 e. The third kappa shape index (κ3) is 4.09. The molecule has 1 fully saturated rings. The van der Waals surface area contributed by atoms with Crippen LogP contribution in [-0.4, -0.2) is 49.7 Å². The molecular weight excluding hydrogens is 332 g/mol. The number of rotatable bonds is 5. The second kappa shape index (κ2) is 7.68. The molecule has 7 nitrogen and oxygen atoms in total. The van der Waals surface area contributed by atoms with Crippen molar-refractivity contribution in [3.8, 4) is 5.82 Å². The number of carbonyl (C=O) groups is 2. The molecule has 26 heavy (non-hydrogen) atoms. The van der Waals surface area contributed by atoms with Crippen molar-refractivity contribution < 1.29 is 14.7 Å². The van der Waals surface area contributed by atoms with Crippen LogP contribution in [0.4, 0.5) is 0 Å². The van der Waals surface area contributed by atoms with Gasteiger partial charge in [-0.25, -0.2) is 9.67 Å². The normalized spacial score (nSPS) is 17.3. The fourth-order valence-electron chi connectivity index (χ4n) is 3.49. The van der Waals surface area contributed by atoms with Gasteiger partial charge < -0.3 is 10.0 Å². The molecule has 0 radical (unpaired) electrons. The molecule has 0 saturated carbocycles. The maximum Gasteiger partial charge on any atom is 0.303 e. The fourth-order valence-corrected chi connectivity index (χ4v) is 3.49. The van der Waals surface area contributed by atoms with E-state index >= 15 is 0 Å². The zero-order valence-electron chi connectivity index (χ0n) is 15.2. The van der Waals surface area contributed by atoms with Crippen LogP contribution in [0.3, 0.4) is 0 Å². The van der Waals surface area contributed by atoms with Crippen molar-refractivity contribution in [2.45, 2.75) is 39.5 Å². The lowest BCUT2D eigenvalue weighted by molar-refractivity contribution is -0.137. The summed E-state index contributed by atoms with van der Waals surface area (Å²) in [6.07, 6.45) is 4.26. The lowest BCUT2D eigenvalue weighted by Gasteiger charge is -2.32. The van der Waals surface area contributed by atoms with Gasteiger partial charge in [-0.2, -0.15) is 5.10 Å². The summed E-state index contributed by atoms with van der Waals surface area (Å²) in [7, 11) is 0. The Hall–Kier alpha value is -2.70. The Morgan fingerprint density at radius 2 is 2.12 bits per heavy atom. The van der Waals surface area contributed by atoms with Crippen LogP contribution in [0.15, 0.2) is 24.4 Å². The Bertz CT molecular complexity index is 798. The molecule has 2 aromatic heterocycles. The van der Waals surface area contributed by atoms with Gasteiger partial charge >= 0.3 is 5.97 Å². The first kappa shape index (κ1) is 18.1. The molecule has 0 aliphatic carbocycles. The molecule has 1 atom stereocenters. The SMILES string of the molecule is Cc1cc(C)n(-c2ccc(C(=O)N3CCCC(CCC(=O)O)C3)cn2)n1. The van der Waals surface area contributed by atoms with Crippen molar-refractivity contribution in [3.05, 3.63) is 41.3 Å². The number of likely N-dealkylation sites (tertiary alicyclic amines) is 1. The molecule has 1 amide bonds. The van der Waals surface area contributed by atoms with E-state index in [4.69, 9.17) is 5.11 Å². The Morgan fingerprint density at radius 1 is 1.31 bits per heavy atom. The van der Waals surface area contributed by atoms with E-state index in [0.29, 0.717) is 30.9 Å². The molecular formula is C19H24N4O3. The topological polar surface area (TPSA) is 88.3 Å². The van der Waals surface area contributed by atoms with E-state index in [9.17, 15) is 9.59 Å². The molecule has 1 saturated heterocycles. The number of nitrogens with zero attached hydrogens (tertiary/aromatic N) is 4. The lowest BCUT2D eigenvalue weighted by Crippen LogP contribution is -2.40. The summed E-state index contributed by atoms with van der Waals surface area (Å²) in [4.78, 5) is 29.7. The molecule has 1 aliphatic rings. The molecule has 7 heteroatoms. The number of aliphatic carboxylic acids is 1. The number of amides is 1. The zero-order valence-corrected chi connectivity index (χ0v) is 15.2. The van der Waals surface area contributed by atoms with Gasteiger partial charge in [-0.05, 0) is 57.2 Å². The number of piperidine rings is 1. The van der Waals surface area contributed by atoms with Crippen LogP contribution in [0.2, 0.25) is 0 Å². The predicted molar refractivity (Wildman–Crippen MR) is 96.3 cm³/mol. The van der Waals surface area contributed by atoms with Crippen molar-refractivity contribution >= 4 is 11.9 Å². The van der Waals surface area contributed by atoms with Crippen LogP contribution in [0.5, 0.6) is 0 Å². The molecule has 138 valence electrons. The van der Waals surface area contributed by atoms with E-state index in [0.717, 1.165) is 24.2 Å². The number of carboxylic acid groups (broad SMARTS) is 1. The highest BCUT2D eigenvalue weighted by molar-refractivity contribution is 5.94. The van der Waals surface area contributed by atoms with Crippen LogP contribution in [0, 0.1) is 19.8 Å². The molecule has 3 heterocycles. The summed E-state index contributed by atoms with van der Waals surface area (Å²) < 4.78 is 1.76. The maximum atomic E-state index is 12.7. The van der Waals surface area contributed by atoms with Gasteiger partial charge in [0, 0.05) is 31.4 Å². The second-order valence-electron chi connectivity index (χ2n) is 6.94.